The number of rotatable bonds is 3. The highest BCUT2D eigenvalue weighted by Crippen LogP contribution is 2.29. The van der Waals surface area contributed by atoms with Crippen molar-refractivity contribution < 1.29 is 4.79 Å². The molecule has 0 heterocycles. The van der Waals surface area contributed by atoms with E-state index in [1.807, 2.05) is 0 Å². The van der Waals surface area contributed by atoms with Crippen molar-refractivity contribution >= 4 is 6.03 Å². The van der Waals surface area contributed by atoms with Crippen LogP contribution in [0.4, 0.5) is 4.79 Å². The van der Waals surface area contributed by atoms with E-state index in [9.17, 15) is 4.79 Å². The first-order valence-corrected chi connectivity index (χ1v) is 5.30. The lowest BCUT2D eigenvalue weighted by Crippen LogP contribution is -2.40. The van der Waals surface area contributed by atoms with Gasteiger partial charge >= 0.3 is 6.03 Å². The van der Waals surface area contributed by atoms with Crippen LogP contribution >= 0.6 is 0 Å². The van der Waals surface area contributed by atoms with E-state index in [1.165, 1.54) is 19.3 Å². The monoisotopic (exact) mass is 182 g/mol. The van der Waals surface area contributed by atoms with Gasteiger partial charge in [-0.25, -0.2) is 4.79 Å². The Morgan fingerprint density at radius 1 is 1.46 bits per heavy atom. The van der Waals surface area contributed by atoms with Gasteiger partial charge in [0, 0.05) is 12.6 Å². The summed E-state index contributed by atoms with van der Waals surface area (Å²) in [5.41, 5.74) is 0. The summed E-state index contributed by atoms with van der Waals surface area (Å²) in [6, 6.07) is 0.475. The normalized spacial score (nSPS) is 32.1. The Balaban J connectivity index is 1.55. The van der Waals surface area contributed by atoms with Crippen LogP contribution in [0.1, 0.15) is 32.6 Å². The molecule has 2 saturated carbocycles. The molecule has 0 bridgehead atoms. The number of carbonyl (C=O) groups excluding carboxylic acids is 1. The van der Waals surface area contributed by atoms with Crippen LogP contribution in [0.2, 0.25) is 0 Å². The Kier molecular flexibility index (Phi) is 2.42. The molecule has 0 spiro atoms. The lowest BCUT2D eigenvalue weighted by molar-refractivity contribution is 0.232. The van der Waals surface area contributed by atoms with Gasteiger partial charge in [0.1, 0.15) is 0 Å². The standard InChI is InChI=1S/C10H18N2O/c1-7-5-9(7)12-10(13)11-6-8-3-2-4-8/h7-9H,2-6H2,1H3,(H2,11,12,13). The Labute approximate surface area is 79.3 Å². The molecule has 2 N–H and O–H groups in total. The second-order valence-corrected chi connectivity index (χ2v) is 4.47. The first-order valence-electron chi connectivity index (χ1n) is 5.30. The molecule has 0 aromatic carbocycles. The van der Waals surface area contributed by atoms with Crippen LogP contribution in [0, 0.1) is 11.8 Å². The lowest BCUT2D eigenvalue weighted by atomic mass is 9.85. The van der Waals surface area contributed by atoms with E-state index in [0.717, 1.165) is 18.9 Å². The summed E-state index contributed by atoms with van der Waals surface area (Å²) in [6.45, 7) is 3.03. The molecule has 0 saturated heterocycles. The molecule has 13 heavy (non-hydrogen) atoms. The number of amides is 2. The molecule has 0 aliphatic heterocycles. The fourth-order valence-electron chi connectivity index (χ4n) is 1.68. The summed E-state index contributed by atoms with van der Waals surface area (Å²) in [4.78, 5) is 11.3. The number of nitrogens with one attached hydrogen (secondary N) is 2. The summed E-state index contributed by atoms with van der Waals surface area (Å²) in [5, 5.41) is 5.88. The first-order chi connectivity index (χ1) is 6.25. The molecule has 2 aliphatic rings. The van der Waals surface area contributed by atoms with E-state index in [4.69, 9.17) is 0 Å². The SMILES string of the molecule is CC1CC1NC(=O)NCC1CCC1. The van der Waals surface area contributed by atoms with Crippen molar-refractivity contribution in [3.8, 4) is 0 Å². The molecule has 2 unspecified atom stereocenters. The predicted molar refractivity (Wildman–Crippen MR) is 51.4 cm³/mol. The molecule has 2 atom stereocenters. The maximum Gasteiger partial charge on any atom is 0.315 e. The molecule has 2 rings (SSSR count). The first kappa shape index (κ1) is 8.85. The summed E-state index contributed by atoms with van der Waals surface area (Å²) in [7, 11) is 0. The summed E-state index contributed by atoms with van der Waals surface area (Å²) in [6.07, 6.45) is 5.07. The van der Waals surface area contributed by atoms with Crippen molar-refractivity contribution in [2.45, 2.75) is 38.6 Å². The molecule has 0 aromatic heterocycles. The van der Waals surface area contributed by atoms with Crippen LogP contribution in [0.3, 0.4) is 0 Å². The number of urea groups is 1. The number of hydrogen-bond acceptors (Lipinski definition) is 1. The van der Waals surface area contributed by atoms with E-state index in [-0.39, 0.29) is 6.03 Å². The molecule has 0 aromatic rings. The zero-order valence-electron chi connectivity index (χ0n) is 8.18. The van der Waals surface area contributed by atoms with Gasteiger partial charge < -0.3 is 10.6 Å². The summed E-state index contributed by atoms with van der Waals surface area (Å²) < 4.78 is 0. The van der Waals surface area contributed by atoms with Gasteiger partial charge in [-0.15, -0.1) is 0 Å². The van der Waals surface area contributed by atoms with Crippen molar-refractivity contribution in [1.82, 2.24) is 10.6 Å². The molecule has 3 heteroatoms. The molecule has 74 valence electrons. The maximum absolute atomic E-state index is 11.3. The topological polar surface area (TPSA) is 41.1 Å². The molecular formula is C10H18N2O. The van der Waals surface area contributed by atoms with E-state index in [2.05, 4.69) is 17.6 Å². The van der Waals surface area contributed by atoms with Gasteiger partial charge in [-0.05, 0) is 31.1 Å². The van der Waals surface area contributed by atoms with Gasteiger partial charge in [-0.1, -0.05) is 13.3 Å². The van der Waals surface area contributed by atoms with Crippen molar-refractivity contribution in [1.29, 1.82) is 0 Å². The van der Waals surface area contributed by atoms with Gasteiger partial charge in [0.2, 0.25) is 0 Å². The lowest BCUT2D eigenvalue weighted by Gasteiger charge is -2.25. The number of hydrogen-bond donors (Lipinski definition) is 2. The average molecular weight is 182 g/mol. The molecule has 2 aliphatic carbocycles. The zero-order valence-corrected chi connectivity index (χ0v) is 8.18. The van der Waals surface area contributed by atoms with Gasteiger partial charge in [0.05, 0.1) is 0 Å². The molecule has 3 nitrogen and oxygen atoms in total. The largest absolute Gasteiger partial charge is 0.338 e. The molecule has 2 amide bonds. The molecule has 0 radical (unpaired) electrons. The van der Waals surface area contributed by atoms with Gasteiger partial charge in [0.25, 0.3) is 0 Å². The van der Waals surface area contributed by atoms with Gasteiger partial charge in [-0.2, -0.15) is 0 Å². The second kappa shape index (κ2) is 3.56. The minimum atomic E-state index is 0.0289. The fraction of sp³-hybridized carbons (Fsp3) is 0.900. The van der Waals surface area contributed by atoms with E-state index >= 15 is 0 Å². The zero-order chi connectivity index (χ0) is 9.26. The van der Waals surface area contributed by atoms with Crippen LogP contribution in [0.15, 0.2) is 0 Å². The number of carbonyl (C=O) groups is 1. The van der Waals surface area contributed by atoms with Crippen molar-refractivity contribution in [2.24, 2.45) is 11.8 Å². The van der Waals surface area contributed by atoms with E-state index < -0.39 is 0 Å². The minimum absolute atomic E-state index is 0.0289. The van der Waals surface area contributed by atoms with Crippen LogP contribution in [-0.4, -0.2) is 18.6 Å². The maximum atomic E-state index is 11.3. The smallest absolute Gasteiger partial charge is 0.315 e. The molecule has 2 fully saturated rings. The Hall–Kier alpha value is -0.730. The summed E-state index contributed by atoms with van der Waals surface area (Å²) >= 11 is 0. The predicted octanol–water partition coefficient (Wildman–Crippen LogP) is 1.49. The van der Waals surface area contributed by atoms with Crippen LogP contribution < -0.4 is 10.6 Å². The van der Waals surface area contributed by atoms with Crippen molar-refractivity contribution in [3.63, 3.8) is 0 Å². The van der Waals surface area contributed by atoms with E-state index in [0.29, 0.717) is 12.0 Å². The van der Waals surface area contributed by atoms with Gasteiger partial charge in [0.15, 0.2) is 0 Å². The Morgan fingerprint density at radius 2 is 2.15 bits per heavy atom. The van der Waals surface area contributed by atoms with Crippen molar-refractivity contribution in [2.75, 3.05) is 6.54 Å². The quantitative estimate of drug-likeness (QED) is 0.682. The fourth-order valence-corrected chi connectivity index (χ4v) is 1.68. The van der Waals surface area contributed by atoms with Crippen LogP contribution in [-0.2, 0) is 0 Å². The van der Waals surface area contributed by atoms with Crippen LogP contribution in [0.5, 0.6) is 0 Å². The van der Waals surface area contributed by atoms with Crippen molar-refractivity contribution in [3.05, 3.63) is 0 Å². The van der Waals surface area contributed by atoms with Crippen LogP contribution in [0.25, 0.3) is 0 Å². The highest BCUT2D eigenvalue weighted by Gasteiger charge is 2.33. The third-order valence-corrected chi connectivity index (χ3v) is 3.20. The second-order valence-electron chi connectivity index (χ2n) is 4.47. The summed E-state index contributed by atoms with van der Waals surface area (Å²) in [5.74, 6) is 1.44. The average Bonchev–Trinajstić information content (AvgIpc) is 2.63. The highest BCUT2D eigenvalue weighted by molar-refractivity contribution is 5.74. The minimum Gasteiger partial charge on any atom is -0.338 e. The van der Waals surface area contributed by atoms with E-state index in [1.54, 1.807) is 0 Å². The Morgan fingerprint density at radius 3 is 2.62 bits per heavy atom. The Bertz CT molecular complexity index is 201. The third kappa shape index (κ3) is 2.36. The third-order valence-electron chi connectivity index (χ3n) is 3.20. The highest BCUT2D eigenvalue weighted by atomic mass is 16.2. The molecular weight excluding hydrogens is 164 g/mol. The van der Waals surface area contributed by atoms with Gasteiger partial charge in [-0.3, -0.25) is 0 Å².